The summed E-state index contributed by atoms with van der Waals surface area (Å²) in [5.41, 5.74) is 4.06. The van der Waals surface area contributed by atoms with Crippen LogP contribution in [0.2, 0.25) is 5.02 Å². The summed E-state index contributed by atoms with van der Waals surface area (Å²) in [7, 11) is 0. The first kappa shape index (κ1) is 29.3. The highest BCUT2D eigenvalue weighted by Crippen LogP contribution is 2.42. The number of carboxylic acids is 1. The molecule has 0 saturated heterocycles. The van der Waals surface area contributed by atoms with Crippen LogP contribution in [0, 0.1) is 19.3 Å². The first-order chi connectivity index (χ1) is 18.9. The molecule has 0 spiro atoms. The molecule has 0 fully saturated rings. The lowest BCUT2D eigenvalue weighted by Gasteiger charge is -2.32. The summed E-state index contributed by atoms with van der Waals surface area (Å²) < 4.78 is 6.51. The van der Waals surface area contributed by atoms with E-state index in [-0.39, 0.29) is 25.1 Å². The van der Waals surface area contributed by atoms with E-state index in [1.54, 1.807) is 23.1 Å². The Balaban J connectivity index is 1.75. The van der Waals surface area contributed by atoms with Gasteiger partial charge >= 0.3 is 5.97 Å². The molecule has 3 aromatic rings. The Morgan fingerprint density at radius 3 is 2.40 bits per heavy atom. The predicted octanol–water partition coefficient (Wildman–Crippen LogP) is 5.52. The van der Waals surface area contributed by atoms with Crippen LogP contribution < -0.4 is 10.2 Å². The van der Waals surface area contributed by atoms with E-state index in [0.29, 0.717) is 22.0 Å². The van der Waals surface area contributed by atoms with Crippen molar-refractivity contribution < 1.29 is 29.3 Å². The number of aryl methyl sites for hydroxylation is 1. The molecule has 0 saturated carbocycles. The molecule has 0 unspecified atom stereocenters. The van der Waals surface area contributed by atoms with Crippen molar-refractivity contribution in [2.75, 3.05) is 23.4 Å². The Kier molecular flexibility index (Phi) is 8.63. The molecule has 3 aromatic carbocycles. The molecule has 1 aliphatic rings. The van der Waals surface area contributed by atoms with E-state index < -0.39 is 35.4 Å². The smallest absolute Gasteiger partial charge is 0.335 e. The zero-order valence-corrected chi connectivity index (χ0v) is 23.7. The minimum atomic E-state index is -1.15. The van der Waals surface area contributed by atoms with Gasteiger partial charge in [-0.1, -0.05) is 43.6 Å². The van der Waals surface area contributed by atoms with Gasteiger partial charge in [0.05, 0.1) is 12.0 Å². The number of anilines is 2. The number of aliphatic hydroxyl groups excluding tert-OH is 1. The number of rotatable bonds is 8. The van der Waals surface area contributed by atoms with Gasteiger partial charge in [0, 0.05) is 40.5 Å². The maximum Gasteiger partial charge on any atom is 0.335 e. The fourth-order valence-electron chi connectivity index (χ4n) is 4.72. The Labute approximate surface area is 238 Å². The third-order valence-corrected chi connectivity index (χ3v) is 7.37. The van der Waals surface area contributed by atoms with Crippen LogP contribution in [0.15, 0.2) is 60.7 Å². The standard InChI is InChI=1S/C31H33ClN2O6/c1-18-6-5-7-23(19(18)2)28-24-14-21(32)10-13-25(24)34(16-31(3,4)17-35)29(37)26(40-28)15-27(36)33-22-11-8-20(9-12-22)30(38)39/h5-14,26,28,35H,15-17H2,1-4H3,(H,33,36)(H,38,39)/t26-,28-/m1/s1. The number of nitrogens with one attached hydrogen (secondary N) is 1. The lowest BCUT2D eigenvalue weighted by molar-refractivity contribution is -0.136. The van der Waals surface area contributed by atoms with E-state index in [2.05, 4.69) is 5.32 Å². The van der Waals surface area contributed by atoms with E-state index in [1.165, 1.54) is 24.3 Å². The Morgan fingerprint density at radius 2 is 1.75 bits per heavy atom. The number of carbonyl (C=O) groups excluding carboxylic acids is 2. The Morgan fingerprint density at radius 1 is 1.05 bits per heavy atom. The van der Waals surface area contributed by atoms with Crippen LogP contribution in [-0.4, -0.2) is 47.3 Å². The van der Waals surface area contributed by atoms with Crippen molar-refractivity contribution in [3.05, 3.63) is 93.5 Å². The highest BCUT2D eigenvalue weighted by molar-refractivity contribution is 6.30. The average Bonchev–Trinajstić information content (AvgIpc) is 3.01. The zero-order chi connectivity index (χ0) is 29.2. The minimum Gasteiger partial charge on any atom is -0.478 e. The van der Waals surface area contributed by atoms with Crippen molar-refractivity contribution in [3.63, 3.8) is 0 Å². The summed E-state index contributed by atoms with van der Waals surface area (Å²) in [5, 5.41) is 22.3. The molecular formula is C31H33ClN2O6. The third kappa shape index (κ3) is 6.36. The van der Waals surface area contributed by atoms with Crippen molar-refractivity contribution in [2.45, 2.75) is 46.3 Å². The van der Waals surface area contributed by atoms with Crippen molar-refractivity contribution in [1.29, 1.82) is 0 Å². The minimum absolute atomic E-state index is 0.0928. The number of nitrogens with zero attached hydrogens (tertiary/aromatic N) is 1. The van der Waals surface area contributed by atoms with Gasteiger partial charge in [-0.05, 0) is 73.0 Å². The molecule has 210 valence electrons. The molecule has 4 rings (SSSR count). The molecule has 8 nitrogen and oxygen atoms in total. The van der Waals surface area contributed by atoms with Gasteiger partial charge in [0.2, 0.25) is 5.91 Å². The predicted molar refractivity (Wildman–Crippen MR) is 154 cm³/mol. The largest absolute Gasteiger partial charge is 0.478 e. The summed E-state index contributed by atoms with van der Waals surface area (Å²) in [6.45, 7) is 7.72. The molecule has 40 heavy (non-hydrogen) atoms. The van der Waals surface area contributed by atoms with Gasteiger partial charge in [-0.25, -0.2) is 4.79 Å². The summed E-state index contributed by atoms with van der Waals surface area (Å²) in [4.78, 5) is 40.0. The Bertz CT molecular complexity index is 1440. The molecule has 3 N–H and O–H groups in total. The number of aromatic carboxylic acids is 1. The molecule has 0 radical (unpaired) electrons. The number of hydrogen-bond donors (Lipinski definition) is 3. The number of fused-ring (bicyclic) bond motifs is 1. The van der Waals surface area contributed by atoms with E-state index in [4.69, 9.17) is 21.4 Å². The SMILES string of the molecule is Cc1cccc([C@H]2O[C@H](CC(=O)Nc3ccc(C(=O)O)cc3)C(=O)N(CC(C)(C)CO)c3ccc(Cl)cc32)c1C. The molecule has 2 amide bonds. The monoisotopic (exact) mass is 564 g/mol. The lowest BCUT2D eigenvalue weighted by Crippen LogP contribution is -2.46. The number of halogens is 1. The molecule has 9 heteroatoms. The molecule has 1 aliphatic heterocycles. The Hall–Kier alpha value is -3.72. The molecule has 0 aliphatic carbocycles. The number of aliphatic hydroxyl groups is 1. The number of carboxylic acid groups (broad SMARTS) is 1. The number of amides is 2. The molecular weight excluding hydrogens is 532 g/mol. The molecule has 0 bridgehead atoms. The molecule has 0 aromatic heterocycles. The van der Waals surface area contributed by atoms with Gasteiger partial charge < -0.3 is 25.2 Å². The van der Waals surface area contributed by atoms with Crippen molar-refractivity contribution >= 4 is 40.8 Å². The highest BCUT2D eigenvalue weighted by atomic mass is 35.5. The van der Waals surface area contributed by atoms with Crippen LogP contribution in [0.25, 0.3) is 0 Å². The van der Waals surface area contributed by atoms with Gasteiger partial charge in [0.25, 0.3) is 5.91 Å². The van der Waals surface area contributed by atoms with Crippen LogP contribution >= 0.6 is 11.6 Å². The van der Waals surface area contributed by atoms with Gasteiger partial charge in [-0.3, -0.25) is 9.59 Å². The van der Waals surface area contributed by atoms with Gasteiger partial charge in [0.15, 0.2) is 0 Å². The normalized spacial score (nSPS) is 17.2. The maximum absolute atomic E-state index is 14.1. The van der Waals surface area contributed by atoms with Crippen molar-refractivity contribution in [1.82, 2.24) is 0 Å². The average molecular weight is 565 g/mol. The number of benzene rings is 3. The second kappa shape index (κ2) is 11.8. The van der Waals surface area contributed by atoms with E-state index in [1.807, 2.05) is 45.9 Å². The van der Waals surface area contributed by atoms with Crippen LogP contribution in [0.4, 0.5) is 11.4 Å². The van der Waals surface area contributed by atoms with Crippen LogP contribution in [0.5, 0.6) is 0 Å². The second-order valence-corrected chi connectivity index (χ2v) is 11.3. The quantitative estimate of drug-likeness (QED) is 0.331. The van der Waals surface area contributed by atoms with Gasteiger partial charge in [0.1, 0.15) is 12.2 Å². The zero-order valence-electron chi connectivity index (χ0n) is 22.9. The fraction of sp³-hybridized carbons (Fsp3) is 0.323. The van der Waals surface area contributed by atoms with Crippen LogP contribution in [-0.2, 0) is 14.3 Å². The second-order valence-electron chi connectivity index (χ2n) is 10.9. The first-order valence-corrected chi connectivity index (χ1v) is 13.3. The number of hydrogen-bond acceptors (Lipinski definition) is 5. The lowest BCUT2D eigenvalue weighted by atomic mass is 9.91. The maximum atomic E-state index is 14.1. The number of carbonyl (C=O) groups is 3. The van der Waals surface area contributed by atoms with Crippen molar-refractivity contribution in [2.24, 2.45) is 5.41 Å². The first-order valence-electron chi connectivity index (χ1n) is 13.0. The van der Waals surface area contributed by atoms with Gasteiger partial charge in [-0.2, -0.15) is 0 Å². The fourth-order valence-corrected chi connectivity index (χ4v) is 4.90. The number of ether oxygens (including phenoxy) is 1. The summed E-state index contributed by atoms with van der Waals surface area (Å²) in [5.74, 6) is -1.95. The third-order valence-electron chi connectivity index (χ3n) is 7.13. The van der Waals surface area contributed by atoms with E-state index in [9.17, 15) is 19.5 Å². The van der Waals surface area contributed by atoms with Crippen LogP contribution in [0.3, 0.4) is 0 Å². The van der Waals surface area contributed by atoms with E-state index >= 15 is 0 Å². The summed E-state index contributed by atoms with van der Waals surface area (Å²) in [6.07, 6.45) is -2.12. The summed E-state index contributed by atoms with van der Waals surface area (Å²) in [6, 6.07) is 16.9. The highest BCUT2D eigenvalue weighted by Gasteiger charge is 2.40. The molecule has 2 atom stereocenters. The van der Waals surface area contributed by atoms with E-state index in [0.717, 1.165) is 16.7 Å². The van der Waals surface area contributed by atoms with Crippen LogP contribution in [0.1, 0.15) is 59.0 Å². The summed E-state index contributed by atoms with van der Waals surface area (Å²) >= 11 is 6.44. The molecule has 1 heterocycles. The van der Waals surface area contributed by atoms with Gasteiger partial charge in [-0.15, -0.1) is 0 Å². The topological polar surface area (TPSA) is 116 Å². The van der Waals surface area contributed by atoms with Crippen molar-refractivity contribution in [3.8, 4) is 0 Å².